The third-order valence-electron chi connectivity index (χ3n) is 2.76. The van der Waals surface area contributed by atoms with E-state index >= 15 is 0 Å². The van der Waals surface area contributed by atoms with Crippen molar-refractivity contribution in [3.8, 4) is 6.07 Å². The summed E-state index contributed by atoms with van der Waals surface area (Å²) in [7, 11) is 0. The van der Waals surface area contributed by atoms with Crippen molar-refractivity contribution >= 4 is 18.2 Å². The highest BCUT2D eigenvalue weighted by Crippen LogP contribution is 2.17. The first-order valence-corrected chi connectivity index (χ1v) is 5.81. The maximum absolute atomic E-state index is 11.5. The minimum Gasteiger partial charge on any atom is -0.356 e. The van der Waals surface area contributed by atoms with Gasteiger partial charge >= 0.3 is 0 Å². The quantitative estimate of drug-likeness (QED) is 0.508. The molecule has 0 aromatic heterocycles. The van der Waals surface area contributed by atoms with E-state index in [0.29, 0.717) is 19.4 Å². The van der Waals surface area contributed by atoms with Crippen LogP contribution in [0.2, 0.25) is 0 Å². The molecule has 0 aromatic carbocycles. The van der Waals surface area contributed by atoms with Crippen LogP contribution in [0.25, 0.3) is 0 Å². The predicted octanol–water partition coefficient (Wildman–Crippen LogP) is -1.34. The second-order valence-corrected chi connectivity index (χ2v) is 4.11. The molecule has 0 aliphatic carbocycles. The highest BCUT2D eigenvalue weighted by molar-refractivity contribution is 5.81. The second kappa shape index (κ2) is 7.27. The van der Waals surface area contributed by atoms with Crippen molar-refractivity contribution in [2.75, 3.05) is 13.1 Å². The summed E-state index contributed by atoms with van der Waals surface area (Å²) in [5.74, 6) is -0.741. The van der Waals surface area contributed by atoms with E-state index in [4.69, 9.17) is 5.26 Å². The summed E-state index contributed by atoms with van der Waals surface area (Å²) in [6.07, 6.45) is 2.33. The van der Waals surface area contributed by atoms with E-state index in [1.54, 1.807) is 0 Å². The fourth-order valence-corrected chi connectivity index (χ4v) is 1.87. The Morgan fingerprint density at radius 2 is 2.44 bits per heavy atom. The van der Waals surface area contributed by atoms with Crippen LogP contribution in [-0.4, -0.2) is 37.4 Å². The van der Waals surface area contributed by atoms with E-state index in [1.807, 2.05) is 6.07 Å². The molecule has 1 aliphatic rings. The van der Waals surface area contributed by atoms with Gasteiger partial charge in [-0.15, -0.1) is 0 Å². The van der Waals surface area contributed by atoms with Crippen LogP contribution in [0.5, 0.6) is 0 Å². The van der Waals surface area contributed by atoms with Crippen molar-refractivity contribution in [2.45, 2.75) is 25.3 Å². The van der Waals surface area contributed by atoms with Gasteiger partial charge < -0.3 is 16.0 Å². The Balaban J connectivity index is 2.41. The van der Waals surface area contributed by atoms with Gasteiger partial charge in [0.15, 0.2) is 0 Å². The molecule has 3 amide bonds. The first-order chi connectivity index (χ1) is 8.67. The zero-order chi connectivity index (χ0) is 13.4. The van der Waals surface area contributed by atoms with E-state index in [-0.39, 0.29) is 18.4 Å². The molecule has 1 aliphatic heterocycles. The minimum atomic E-state index is -0.709. The second-order valence-electron chi connectivity index (χ2n) is 4.11. The van der Waals surface area contributed by atoms with Gasteiger partial charge in [0.25, 0.3) is 0 Å². The fourth-order valence-electron chi connectivity index (χ4n) is 1.87. The van der Waals surface area contributed by atoms with Gasteiger partial charge in [-0.05, 0) is 19.3 Å². The Morgan fingerprint density at radius 1 is 1.67 bits per heavy atom. The summed E-state index contributed by atoms with van der Waals surface area (Å²) < 4.78 is 0. The molecule has 7 heteroatoms. The van der Waals surface area contributed by atoms with Crippen LogP contribution in [-0.2, 0) is 14.4 Å². The van der Waals surface area contributed by atoms with E-state index < -0.39 is 11.9 Å². The third kappa shape index (κ3) is 4.41. The van der Waals surface area contributed by atoms with Crippen molar-refractivity contribution in [3.05, 3.63) is 0 Å². The summed E-state index contributed by atoms with van der Waals surface area (Å²) in [5, 5.41) is 16.3. The van der Waals surface area contributed by atoms with E-state index in [0.717, 1.165) is 12.8 Å². The lowest BCUT2D eigenvalue weighted by molar-refractivity contribution is -0.127. The van der Waals surface area contributed by atoms with Crippen LogP contribution in [0, 0.1) is 17.2 Å². The molecule has 7 nitrogen and oxygen atoms in total. The fraction of sp³-hybridized carbons (Fsp3) is 0.636. The normalized spacial score (nSPS) is 20.2. The lowest BCUT2D eigenvalue weighted by atomic mass is 9.92. The van der Waals surface area contributed by atoms with Crippen LogP contribution in [0.3, 0.4) is 0 Å². The summed E-state index contributed by atoms with van der Waals surface area (Å²) in [6, 6.07) is 1.24. The van der Waals surface area contributed by atoms with Gasteiger partial charge in [0.2, 0.25) is 18.2 Å². The van der Waals surface area contributed by atoms with E-state index in [2.05, 4.69) is 16.0 Å². The number of nitrogens with one attached hydrogen (secondary N) is 3. The highest BCUT2D eigenvalue weighted by atomic mass is 16.2. The van der Waals surface area contributed by atoms with Gasteiger partial charge in [-0.2, -0.15) is 5.26 Å². The van der Waals surface area contributed by atoms with Gasteiger partial charge in [0.1, 0.15) is 6.04 Å². The molecule has 98 valence electrons. The smallest absolute Gasteiger partial charge is 0.240 e. The van der Waals surface area contributed by atoms with Crippen LogP contribution >= 0.6 is 0 Å². The molecule has 1 heterocycles. The number of hydrogen-bond donors (Lipinski definition) is 3. The number of nitrogens with zero attached hydrogens (tertiary/aromatic N) is 1. The molecule has 1 rings (SSSR count). The van der Waals surface area contributed by atoms with E-state index in [1.165, 1.54) is 0 Å². The average molecular weight is 252 g/mol. The first kappa shape index (κ1) is 14.0. The number of rotatable bonds is 6. The summed E-state index contributed by atoms with van der Waals surface area (Å²) in [4.78, 5) is 32.8. The SMILES string of the molecule is N#C[C@H](C[C@@H]1CCCNC1=O)NC(=O)CNC=O. The van der Waals surface area contributed by atoms with Gasteiger partial charge in [-0.25, -0.2) is 0 Å². The van der Waals surface area contributed by atoms with Gasteiger partial charge in [0.05, 0.1) is 12.6 Å². The summed E-state index contributed by atoms with van der Waals surface area (Å²) >= 11 is 0. The molecule has 0 unspecified atom stereocenters. The number of nitriles is 1. The number of hydrogen-bond acceptors (Lipinski definition) is 4. The molecular formula is C11H16N4O3. The van der Waals surface area contributed by atoms with Crippen LogP contribution in [0.1, 0.15) is 19.3 Å². The Labute approximate surface area is 105 Å². The molecule has 2 atom stereocenters. The molecule has 1 fully saturated rings. The summed E-state index contributed by atoms with van der Waals surface area (Å²) in [5.41, 5.74) is 0. The largest absolute Gasteiger partial charge is 0.356 e. The number of amides is 3. The Hall–Kier alpha value is -2.10. The van der Waals surface area contributed by atoms with Crippen LogP contribution < -0.4 is 16.0 Å². The molecule has 18 heavy (non-hydrogen) atoms. The zero-order valence-corrected chi connectivity index (χ0v) is 9.94. The molecule has 0 bridgehead atoms. The van der Waals surface area contributed by atoms with Crippen LogP contribution in [0.15, 0.2) is 0 Å². The predicted molar refractivity (Wildman–Crippen MR) is 62.0 cm³/mol. The van der Waals surface area contributed by atoms with Crippen molar-refractivity contribution in [1.82, 2.24) is 16.0 Å². The molecular weight excluding hydrogens is 236 g/mol. The zero-order valence-electron chi connectivity index (χ0n) is 9.94. The standard InChI is InChI=1S/C11H16N4O3/c12-5-9(15-10(17)6-13-7-16)4-8-2-1-3-14-11(8)18/h7-9H,1-4,6H2,(H,13,16)(H,14,18)(H,15,17)/t8-,9-/m0/s1. The molecule has 0 spiro atoms. The molecule has 0 aromatic rings. The number of carbonyl (C=O) groups is 3. The van der Waals surface area contributed by atoms with Gasteiger partial charge in [0, 0.05) is 12.5 Å². The average Bonchev–Trinajstić information content (AvgIpc) is 2.38. The van der Waals surface area contributed by atoms with Crippen molar-refractivity contribution in [3.63, 3.8) is 0 Å². The Kier molecular flexibility index (Phi) is 5.64. The topological polar surface area (TPSA) is 111 Å². The number of carbonyl (C=O) groups excluding carboxylic acids is 3. The third-order valence-corrected chi connectivity index (χ3v) is 2.76. The van der Waals surface area contributed by atoms with Crippen molar-refractivity contribution in [1.29, 1.82) is 5.26 Å². The molecule has 3 N–H and O–H groups in total. The molecule has 1 saturated heterocycles. The summed E-state index contributed by atoms with van der Waals surface area (Å²) in [6.45, 7) is 0.501. The van der Waals surface area contributed by atoms with Crippen molar-refractivity contribution in [2.24, 2.45) is 5.92 Å². The highest BCUT2D eigenvalue weighted by Gasteiger charge is 2.26. The van der Waals surface area contributed by atoms with Crippen molar-refractivity contribution < 1.29 is 14.4 Å². The first-order valence-electron chi connectivity index (χ1n) is 5.81. The monoisotopic (exact) mass is 252 g/mol. The maximum atomic E-state index is 11.5. The van der Waals surface area contributed by atoms with Gasteiger partial charge in [-0.3, -0.25) is 14.4 Å². The lowest BCUT2D eigenvalue weighted by Gasteiger charge is -2.23. The van der Waals surface area contributed by atoms with Crippen LogP contribution in [0.4, 0.5) is 0 Å². The van der Waals surface area contributed by atoms with E-state index in [9.17, 15) is 14.4 Å². The Bertz CT molecular complexity index is 364. The molecule has 0 radical (unpaired) electrons. The minimum absolute atomic E-state index is 0.0678. The van der Waals surface area contributed by atoms with Gasteiger partial charge in [-0.1, -0.05) is 0 Å². The molecule has 0 saturated carbocycles. The lowest BCUT2D eigenvalue weighted by Crippen LogP contribution is -2.44. The maximum Gasteiger partial charge on any atom is 0.240 e. The number of piperidine rings is 1. The Morgan fingerprint density at radius 3 is 3.06 bits per heavy atom.